The summed E-state index contributed by atoms with van der Waals surface area (Å²) in [5.41, 5.74) is -0.805. The smallest absolute Gasteiger partial charge is 0.410 e. The highest BCUT2D eigenvalue weighted by molar-refractivity contribution is 7.91. The number of carbonyl (C=O) groups excluding carboxylic acids is 5. The summed E-state index contributed by atoms with van der Waals surface area (Å²) in [6.07, 6.45) is 5.82. The Morgan fingerprint density at radius 2 is 1.74 bits per heavy atom. The monoisotopic (exact) mass is 795 g/mol. The van der Waals surface area contributed by atoms with E-state index in [0.29, 0.717) is 54.3 Å². The SMILES string of the molecule is CC(C)(C)OC(=O)N[C@H]1CCCCC/C=C\[C@@H]2C[C@@]2(C(=O)NS(=O)(=O)C2CC2)NC(=O)[C@@H]2C[C@@H](OC(=O)N3CCc4c(Cl)ccc(Cl)c4C3)CN2C1=O. The van der Waals surface area contributed by atoms with Crippen molar-refractivity contribution in [1.29, 1.82) is 0 Å². The largest absolute Gasteiger partial charge is 0.444 e. The second-order valence-corrected chi connectivity index (χ2v) is 18.4. The lowest BCUT2D eigenvalue weighted by molar-refractivity contribution is -0.141. The summed E-state index contributed by atoms with van der Waals surface area (Å²) in [4.78, 5) is 71.5. The van der Waals surface area contributed by atoms with Crippen LogP contribution in [0.15, 0.2) is 24.3 Å². The fraction of sp³-hybridized carbons (Fsp3) is 0.639. The van der Waals surface area contributed by atoms with Crippen LogP contribution in [0.2, 0.25) is 10.0 Å². The molecule has 3 aliphatic heterocycles. The molecule has 0 radical (unpaired) electrons. The zero-order valence-corrected chi connectivity index (χ0v) is 32.4. The molecule has 1 aromatic rings. The second-order valence-electron chi connectivity index (χ2n) is 15.6. The first-order valence-corrected chi connectivity index (χ1v) is 20.5. The third-order valence-electron chi connectivity index (χ3n) is 10.4. The topological polar surface area (TPSA) is 181 Å². The quantitative estimate of drug-likeness (QED) is 0.365. The van der Waals surface area contributed by atoms with Crippen molar-refractivity contribution < 1.29 is 41.9 Å². The molecule has 5 amide bonds. The molecule has 3 heterocycles. The van der Waals surface area contributed by atoms with Gasteiger partial charge in [0, 0.05) is 28.9 Å². The fourth-order valence-corrected chi connectivity index (χ4v) is 9.14. The fourth-order valence-electron chi connectivity index (χ4n) is 7.26. The lowest BCUT2D eigenvalue weighted by Crippen LogP contribution is -2.58. The van der Waals surface area contributed by atoms with E-state index in [4.69, 9.17) is 32.7 Å². The van der Waals surface area contributed by atoms with E-state index >= 15 is 0 Å². The zero-order valence-electron chi connectivity index (χ0n) is 30.1. The van der Waals surface area contributed by atoms with Gasteiger partial charge in [-0.1, -0.05) is 48.2 Å². The van der Waals surface area contributed by atoms with Gasteiger partial charge in [0.25, 0.3) is 5.91 Å². The van der Waals surface area contributed by atoms with Gasteiger partial charge in [0.15, 0.2) is 0 Å². The second kappa shape index (κ2) is 15.3. The van der Waals surface area contributed by atoms with Crippen LogP contribution in [-0.4, -0.2) is 95.8 Å². The molecule has 6 rings (SSSR count). The van der Waals surface area contributed by atoms with Gasteiger partial charge in [-0.05, 0) is 89.0 Å². The van der Waals surface area contributed by atoms with Gasteiger partial charge in [-0.2, -0.15) is 0 Å². The van der Waals surface area contributed by atoms with Crippen LogP contribution in [0.5, 0.6) is 0 Å². The summed E-state index contributed by atoms with van der Waals surface area (Å²) in [6, 6.07) is 1.11. The number of alkyl carbamates (subject to hydrolysis) is 1. The van der Waals surface area contributed by atoms with Crippen molar-refractivity contribution in [2.24, 2.45) is 5.92 Å². The number of amides is 5. The molecule has 0 unspecified atom stereocenters. The summed E-state index contributed by atoms with van der Waals surface area (Å²) < 4.78 is 39.1. The van der Waals surface area contributed by atoms with E-state index in [1.807, 2.05) is 12.2 Å². The van der Waals surface area contributed by atoms with Gasteiger partial charge in [0.05, 0.1) is 18.3 Å². The van der Waals surface area contributed by atoms with Crippen LogP contribution in [-0.2, 0) is 46.8 Å². The number of hydrogen-bond donors (Lipinski definition) is 3. The molecule has 5 aliphatic rings. The van der Waals surface area contributed by atoms with Crippen molar-refractivity contribution in [3.05, 3.63) is 45.5 Å². The van der Waals surface area contributed by atoms with Crippen molar-refractivity contribution in [2.45, 2.75) is 126 Å². The van der Waals surface area contributed by atoms with Crippen molar-refractivity contribution in [3.63, 3.8) is 0 Å². The van der Waals surface area contributed by atoms with E-state index in [9.17, 15) is 32.4 Å². The normalized spacial score (nSPS) is 28.5. The van der Waals surface area contributed by atoms with Gasteiger partial charge in [-0.15, -0.1) is 0 Å². The molecule has 53 heavy (non-hydrogen) atoms. The number of benzene rings is 1. The molecule has 0 spiro atoms. The number of nitrogens with one attached hydrogen (secondary N) is 3. The number of halogens is 2. The van der Waals surface area contributed by atoms with E-state index in [2.05, 4.69) is 15.4 Å². The van der Waals surface area contributed by atoms with Gasteiger partial charge in [-0.3, -0.25) is 19.1 Å². The Bertz CT molecular complexity index is 1800. The number of hydrogen-bond acceptors (Lipinski definition) is 9. The van der Waals surface area contributed by atoms with Gasteiger partial charge in [0.1, 0.15) is 29.3 Å². The highest BCUT2D eigenvalue weighted by atomic mass is 35.5. The van der Waals surface area contributed by atoms with Crippen LogP contribution in [0.3, 0.4) is 0 Å². The summed E-state index contributed by atoms with van der Waals surface area (Å²) in [7, 11) is -3.91. The predicted molar refractivity (Wildman–Crippen MR) is 195 cm³/mol. The number of nitrogens with zero attached hydrogens (tertiary/aromatic N) is 2. The Balaban J connectivity index is 1.25. The first-order valence-electron chi connectivity index (χ1n) is 18.2. The molecule has 1 saturated heterocycles. The van der Waals surface area contributed by atoms with E-state index in [-0.39, 0.29) is 32.4 Å². The molecule has 2 aliphatic carbocycles. The van der Waals surface area contributed by atoms with E-state index in [0.717, 1.165) is 18.4 Å². The molecular weight excluding hydrogens is 749 g/mol. The lowest BCUT2D eigenvalue weighted by atomic mass is 10.00. The van der Waals surface area contributed by atoms with E-state index < -0.39 is 80.4 Å². The van der Waals surface area contributed by atoms with Gasteiger partial charge < -0.3 is 29.9 Å². The minimum absolute atomic E-state index is 0.0991. The average Bonchev–Trinajstić information content (AvgIpc) is 4.01. The highest BCUT2D eigenvalue weighted by Gasteiger charge is 2.62. The first kappa shape index (κ1) is 39.1. The molecule has 3 fully saturated rings. The molecule has 290 valence electrons. The van der Waals surface area contributed by atoms with E-state index in [1.54, 1.807) is 32.9 Å². The van der Waals surface area contributed by atoms with Gasteiger partial charge in [-0.25, -0.2) is 18.0 Å². The maximum absolute atomic E-state index is 14.4. The van der Waals surface area contributed by atoms with Crippen LogP contribution >= 0.6 is 23.2 Å². The van der Waals surface area contributed by atoms with Crippen LogP contribution in [0.1, 0.15) is 89.7 Å². The standard InChI is InChI=1S/C36H47Cl2N5O9S/c1-35(2,3)52-33(47)39-28-10-8-6-4-5-7-9-21-18-36(21,32(46)41-53(49,50)23-11-12-23)40-30(44)29-17-22(19-43(29)31(28)45)51-34(48)42-16-15-24-25(20-42)27(38)14-13-26(24)37/h7,9,13-14,21-23,28-29H,4-6,8,10-12,15-20H2,1-3H3,(H,39,47)(H,40,44)(H,41,46)/b9-7-/t21-,22-,28+,29+,36-/m1/s1. The van der Waals surface area contributed by atoms with Crippen molar-refractivity contribution in [3.8, 4) is 0 Å². The maximum Gasteiger partial charge on any atom is 0.410 e. The Labute approximate surface area is 319 Å². The predicted octanol–water partition coefficient (Wildman–Crippen LogP) is 4.35. The third kappa shape index (κ3) is 9.05. The Kier molecular flexibility index (Phi) is 11.3. The molecule has 14 nitrogen and oxygen atoms in total. The molecular formula is C36H47Cl2N5O9S. The van der Waals surface area contributed by atoms with Gasteiger partial charge in [0.2, 0.25) is 21.8 Å². The zero-order chi connectivity index (χ0) is 38.3. The molecule has 2 saturated carbocycles. The summed E-state index contributed by atoms with van der Waals surface area (Å²) in [5.74, 6) is -2.57. The number of ether oxygens (including phenoxy) is 2. The number of allylic oxidation sites excluding steroid dienone is 1. The Hall–Kier alpha value is -3.56. The lowest BCUT2D eigenvalue weighted by Gasteiger charge is -2.31. The third-order valence-corrected chi connectivity index (χ3v) is 12.9. The molecule has 0 bridgehead atoms. The molecule has 1 aromatic carbocycles. The van der Waals surface area contributed by atoms with Crippen LogP contribution < -0.4 is 15.4 Å². The summed E-state index contributed by atoms with van der Waals surface area (Å²) in [5, 5.41) is 5.87. The number of fused-ring (bicyclic) bond motifs is 3. The number of carbonyl (C=O) groups is 5. The number of sulfonamides is 1. The first-order chi connectivity index (χ1) is 25.0. The van der Waals surface area contributed by atoms with Gasteiger partial charge >= 0.3 is 12.2 Å². The van der Waals surface area contributed by atoms with Crippen molar-refractivity contribution >= 4 is 63.1 Å². The van der Waals surface area contributed by atoms with Crippen molar-refractivity contribution in [2.75, 3.05) is 13.1 Å². The van der Waals surface area contributed by atoms with Crippen LogP contribution in [0.4, 0.5) is 9.59 Å². The Morgan fingerprint density at radius 1 is 1.02 bits per heavy atom. The Morgan fingerprint density at radius 3 is 2.43 bits per heavy atom. The molecule has 17 heteroatoms. The molecule has 3 N–H and O–H groups in total. The van der Waals surface area contributed by atoms with E-state index in [1.165, 1.54) is 9.80 Å². The minimum atomic E-state index is -3.91. The highest BCUT2D eigenvalue weighted by Crippen LogP contribution is 2.46. The summed E-state index contributed by atoms with van der Waals surface area (Å²) in [6.45, 7) is 5.41. The average molecular weight is 797 g/mol. The van der Waals surface area contributed by atoms with Crippen LogP contribution in [0, 0.1) is 5.92 Å². The van der Waals surface area contributed by atoms with Crippen LogP contribution in [0.25, 0.3) is 0 Å². The minimum Gasteiger partial charge on any atom is -0.444 e. The molecule has 5 atom stereocenters. The van der Waals surface area contributed by atoms with Crippen molar-refractivity contribution in [1.82, 2.24) is 25.2 Å². The maximum atomic E-state index is 14.4. The number of rotatable bonds is 5. The summed E-state index contributed by atoms with van der Waals surface area (Å²) >= 11 is 12.8. The molecule has 0 aromatic heterocycles.